The number of rotatable bonds is 0. The zero-order valence-electron chi connectivity index (χ0n) is 26.0. The van der Waals surface area contributed by atoms with Gasteiger partial charge < -0.3 is 0 Å². The van der Waals surface area contributed by atoms with Crippen LogP contribution in [0.25, 0.3) is 43.6 Å². The van der Waals surface area contributed by atoms with Crippen LogP contribution in [0.2, 0.25) is 5.02 Å². The molecule has 0 saturated carbocycles. The second kappa shape index (κ2) is 15.1. The van der Waals surface area contributed by atoms with Crippen LogP contribution in [-0.2, 0) is 0 Å². The first-order valence-corrected chi connectivity index (χ1v) is 15.0. The Kier molecular flexibility index (Phi) is 10.5. The van der Waals surface area contributed by atoms with Gasteiger partial charge in [-0.05, 0) is 135 Å². The predicted molar refractivity (Wildman–Crippen MR) is 186 cm³/mol. The molecule has 8 rings (SSSR count). The van der Waals surface area contributed by atoms with E-state index in [1.807, 2.05) is 93.7 Å². The topological polar surface area (TPSA) is 77.3 Å². The fourth-order valence-electron chi connectivity index (χ4n) is 4.54. The molecule has 6 heterocycles. The quantitative estimate of drug-likeness (QED) is 0.167. The SMILES string of the molecule is Cc1cc2cnccc2cc1Cl.Cc1cc2cnccc2cc1F.Cc1ccc2cccnc2n1.Cc1ccc2cccnc2n1. The summed E-state index contributed by atoms with van der Waals surface area (Å²) in [7, 11) is 0. The fraction of sp³-hybridized carbons (Fsp3) is 0.105. The van der Waals surface area contributed by atoms with Gasteiger partial charge in [0.05, 0.1) is 0 Å². The minimum absolute atomic E-state index is 0.159. The van der Waals surface area contributed by atoms with E-state index in [2.05, 4.69) is 29.9 Å². The van der Waals surface area contributed by atoms with Crippen molar-refractivity contribution in [2.24, 2.45) is 0 Å². The van der Waals surface area contributed by atoms with Crippen molar-refractivity contribution >= 4 is 55.2 Å². The largest absolute Gasteiger partial charge is 0.264 e. The van der Waals surface area contributed by atoms with E-state index in [0.717, 1.165) is 65.6 Å². The number of aryl methyl sites for hydroxylation is 4. The van der Waals surface area contributed by atoms with Crippen molar-refractivity contribution in [2.45, 2.75) is 27.7 Å². The van der Waals surface area contributed by atoms with Gasteiger partial charge >= 0.3 is 0 Å². The van der Waals surface area contributed by atoms with Crippen molar-refractivity contribution in [3.05, 3.63) is 155 Å². The molecule has 46 heavy (non-hydrogen) atoms. The minimum atomic E-state index is -0.159. The van der Waals surface area contributed by atoms with Crippen molar-refractivity contribution in [1.82, 2.24) is 29.9 Å². The average Bonchev–Trinajstić information content (AvgIpc) is 3.06. The van der Waals surface area contributed by atoms with E-state index >= 15 is 0 Å². The van der Waals surface area contributed by atoms with Crippen molar-refractivity contribution < 1.29 is 4.39 Å². The normalized spacial score (nSPS) is 10.4. The summed E-state index contributed by atoms with van der Waals surface area (Å²) < 4.78 is 13.0. The van der Waals surface area contributed by atoms with Crippen LogP contribution < -0.4 is 0 Å². The van der Waals surface area contributed by atoms with Gasteiger partial charge in [-0.1, -0.05) is 11.6 Å². The molecule has 2 aromatic carbocycles. The van der Waals surface area contributed by atoms with Crippen LogP contribution in [0, 0.1) is 33.5 Å². The summed E-state index contributed by atoms with van der Waals surface area (Å²) in [4.78, 5) is 24.8. The Labute approximate surface area is 272 Å². The molecule has 0 fully saturated rings. The van der Waals surface area contributed by atoms with Crippen LogP contribution in [0.5, 0.6) is 0 Å². The highest BCUT2D eigenvalue weighted by atomic mass is 35.5. The molecule has 0 bridgehead atoms. The summed E-state index contributed by atoms with van der Waals surface area (Å²) in [6.45, 7) is 7.68. The standard InChI is InChI=1S/C10H8ClN.C10H8FN.2C9H8N2/c2*1-7-4-9-6-12-3-2-8(9)5-10(7)11;2*1-7-4-5-8-3-2-6-10-9(8)11-7/h2*2-6H,1H3;2*2-6H,1H3. The van der Waals surface area contributed by atoms with Crippen LogP contribution in [0.4, 0.5) is 4.39 Å². The Bertz CT molecular complexity index is 2010. The van der Waals surface area contributed by atoms with Crippen molar-refractivity contribution in [3.8, 4) is 0 Å². The van der Waals surface area contributed by atoms with E-state index in [9.17, 15) is 4.39 Å². The second-order valence-electron chi connectivity index (χ2n) is 10.7. The third-order valence-corrected chi connectivity index (χ3v) is 7.45. The summed E-state index contributed by atoms with van der Waals surface area (Å²) in [5, 5.41) is 7.16. The smallest absolute Gasteiger partial charge is 0.159 e. The number of benzene rings is 2. The average molecular weight is 627 g/mol. The lowest BCUT2D eigenvalue weighted by Crippen LogP contribution is -1.84. The Morgan fingerprint density at radius 3 is 1.54 bits per heavy atom. The molecule has 8 heteroatoms. The molecule has 0 atom stereocenters. The van der Waals surface area contributed by atoms with E-state index in [-0.39, 0.29) is 5.82 Å². The van der Waals surface area contributed by atoms with Gasteiger partial charge in [-0.15, -0.1) is 0 Å². The predicted octanol–water partition coefficient (Wildman–Crippen LogP) is 9.76. The molecule has 0 radical (unpaired) electrons. The van der Waals surface area contributed by atoms with Gasteiger partial charge in [0, 0.05) is 75.1 Å². The van der Waals surface area contributed by atoms with Gasteiger partial charge in [0.25, 0.3) is 0 Å². The van der Waals surface area contributed by atoms with Gasteiger partial charge in [-0.3, -0.25) is 9.97 Å². The first-order chi connectivity index (χ1) is 22.3. The van der Waals surface area contributed by atoms with Crippen LogP contribution in [-0.4, -0.2) is 29.9 Å². The highest BCUT2D eigenvalue weighted by molar-refractivity contribution is 6.32. The summed E-state index contributed by atoms with van der Waals surface area (Å²) in [5.74, 6) is -0.159. The summed E-state index contributed by atoms with van der Waals surface area (Å²) in [6.07, 6.45) is 10.5. The van der Waals surface area contributed by atoms with Crippen molar-refractivity contribution in [1.29, 1.82) is 0 Å². The van der Waals surface area contributed by atoms with Crippen molar-refractivity contribution in [2.75, 3.05) is 0 Å². The Morgan fingerprint density at radius 2 is 1.00 bits per heavy atom. The van der Waals surface area contributed by atoms with Gasteiger partial charge in [0.15, 0.2) is 11.3 Å². The molecule has 0 aliphatic carbocycles. The lowest BCUT2D eigenvalue weighted by molar-refractivity contribution is 0.620. The number of aromatic nitrogens is 6. The molecular weight excluding hydrogens is 595 g/mol. The van der Waals surface area contributed by atoms with Crippen LogP contribution in [0.15, 0.2) is 122 Å². The number of fused-ring (bicyclic) bond motifs is 4. The second-order valence-corrected chi connectivity index (χ2v) is 11.1. The molecule has 6 aromatic heterocycles. The molecule has 8 aromatic rings. The van der Waals surface area contributed by atoms with Crippen molar-refractivity contribution in [3.63, 3.8) is 0 Å². The number of nitrogens with zero attached hydrogens (tertiary/aromatic N) is 6. The maximum absolute atomic E-state index is 13.0. The van der Waals surface area contributed by atoms with E-state index in [1.54, 1.807) is 50.0 Å². The molecule has 0 amide bonds. The molecule has 0 unspecified atom stereocenters. The fourth-order valence-corrected chi connectivity index (χ4v) is 4.71. The van der Waals surface area contributed by atoms with Gasteiger partial charge in [0.1, 0.15) is 5.82 Å². The van der Waals surface area contributed by atoms with Gasteiger partial charge in [-0.2, -0.15) is 0 Å². The molecule has 6 nitrogen and oxygen atoms in total. The van der Waals surface area contributed by atoms with E-state index in [1.165, 1.54) is 6.07 Å². The third kappa shape index (κ3) is 8.40. The highest BCUT2D eigenvalue weighted by Gasteiger charge is 2.00. The van der Waals surface area contributed by atoms with Gasteiger partial charge in [0.2, 0.25) is 0 Å². The lowest BCUT2D eigenvalue weighted by atomic mass is 10.1. The molecule has 0 N–H and O–H groups in total. The van der Waals surface area contributed by atoms with E-state index in [0.29, 0.717) is 5.56 Å². The zero-order chi connectivity index (χ0) is 32.5. The Morgan fingerprint density at radius 1 is 0.500 bits per heavy atom. The Hall–Kier alpha value is -5.40. The number of hydrogen-bond donors (Lipinski definition) is 0. The van der Waals surface area contributed by atoms with Crippen LogP contribution in [0.3, 0.4) is 0 Å². The highest BCUT2D eigenvalue weighted by Crippen LogP contribution is 2.22. The first-order valence-electron chi connectivity index (χ1n) is 14.6. The maximum Gasteiger partial charge on any atom is 0.159 e. The number of pyridine rings is 6. The lowest BCUT2D eigenvalue weighted by Gasteiger charge is -2.00. The molecular formula is C38H32ClFN6. The third-order valence-electron chi connectivity index (χ3n) is 7.04. The van der Waals surface area contributed by atoms with E-state index in [4.69, 9.17) is 11.6 Å². The minimum Gasteiger partial charge on any atom is -0.264 e. The molecule has 228 valence electrons. The zero-order valence-corrected chi connectivity index (χ0v) is 26.7. The summed E-state index contributed by atoms with van der Waals surface area (Å²) in [5.41, 5.74) is 5.43. The molecule has 0 aliphatic rings. The number of hydrogen-bond acceptors (Lipinski definition) is 6. The number of halogens is 2. The summed E-state index contributed by atoms with van der Waals surface area (Å²) in [6, 6.07) is 27.0. The molecule has 0 aliphatic heterocycles. The van der Waals surface area contributed by atoms with Crippen LogP contribution in [0.1, 0.15) is 22.5 Å². The summed E-state index contributed by atoms with van der Waals surface area (Å²) >= 11 is 5.97. The van der Waals surface area contributed by atoms with E-state index < -0.39 is 0 Å². The maximum atomic E-state index is 13.0. The molecule has 0 spiro atoms. The monoisotopic (exact) mass is 626 g/mol. The Balaban J connectivity index is 0.000000121. The molecule has 0 saturated heterocycles. The van der Waals surface area contributed by atoms with Crippen LogP contribution >= 0.6 is 11.6 Å². The van der Waals surface area contributed by atoms with Gasteiger partial charge in [-0.25, -0.2) is 24.3 Å². The first kappa shape index (κ1) is 32.0.